The summed E-state index contributed by atoms with van der Waals surface area (Å²) in [4.78, 5) is 51.6. The molecule has 1 aliphatic rings. The number of carbonyl (C=O) groups is 4. The van der Waals surface area contributed by atoms with Crippen LogP contribution in [0, 0.1) is 5.82 Å². The van der Waals surface area contributed by atoms with E-state index >= 15 is 0 Å². The molecule has 3 rings (SSSR count). The molecule has 1 aliphatic heterocycles. The molecule has 0 aromatic heterocycles. The maximum atomic E-state index is 13.8. The third kappa shape index (κ3) is 11.8. The van der Waals surface area contributed by atoms with E-state index in [-0.39, 0.29) is 30.1 Å². The van der Waals surface area contributed by atoms with Crippen LogP contribution in [0.4, 0.5) is 22.4 Å². The zero-order chi connectivity index (χ0) is 33.7. The number of carboxylic acid groups (broad SMARTS) is 1. The van der Waals surface area contributed by atoms with Crippen molar-refractivity contribution in [1.82, 2.24) is 20.4 Å². The number of alkyl carbamates (subject to hydrolysis) is 1. The lowest BCUT2D eigenvalue weighted by atomic mass is 9.98. The summed E-state index contributed by atoms with van der Waals surface area (Å²) < 4.78 is 49.9. The third-order valence-electron chi connectivity index (χ3n) is 7.10. The highest BCUT2D eigenvalue weighted by Crippen LogP contribution is 2.22. The molecule has 2 aromatic rings. The van der Waals surface area contributed by atoms with Gasteiger partial charge in [-0.25, -0.2) is 14.0 Å². The van der Waals surface area contributed by atoms with Crippen molar-refractivity contribution in [1.29, 1.82) is 0 Å². The normalized spacial score (nSPS) is 16.4. The fraction of sp³-hybridized carbons (Fsp3) is 0.467. The molecule has 3 atom stereocenters. The number of amides is 3. The van der Waals surface area contributed by atoms with Gasteiger partial charge in [0.15, 0.2) is 0 Å². The van der Waals surface area contributed by atoms with Gasteiger partial charge in [0.1, 0.15) is 11.9 Å². The van der Waals surface area contributed by atoms with Crippen molar-refractivity contribution in [2.75, 3.05) is 33.8 Å². The smallest absolute Gasteiger partial charge is 0.475 e. The van der Waals surface area contributed by atoms with Crippen molar-refractivity contribution in [3.8, 4) is 0 Å². The third-order valence-corrected chi connectivity index (χ3v) is 7.33. The van der Waals surface area contributed by atoms with Crippen LogP contribution in [0.5, 0.6) is 0 Å². The number of nitrogens with zero attached hydrogens (tertiary/aromatic N) is 2. The average Bonchev–Trinajstić information content (AvgIpc) is 3.00. The highest BCUT2D eigenvalue weighted by Gasteiger charge is 2.39. The first-order valence-electron chi connectivity index (χ1n) is 14.1. The van der Waals surface area contributed by atoms with Crippen molar-refractivity contribution < 1.29 is 46.6 Å². The molecule has 0 aliphatic carbocycles. The van der Waals surface area contributed by atoms with Crippen molar-refractivity contribution in [2.24, 2.45) is 0 Å². The fourth-order valence-corrected chi connectivity index (χ4v) is 5.14. The molecule has 0 spiro atoms. The van der Waals surface area contributed by atoms with Crippen LogP contribution in [0.2, 0.25) is 5.02 Å². The zero-order valence-corrected chi connectivity index (χ0v) is 25.8. The second kappa shape index (κ2) is 17.5. The Morgan fingerprint density at radius 1 is 1.07 bits per heavy atom. The van der Waals surface area contributed by atoms with E-state index in [1.807, 2.05) is 25.1 Å². The Hall–Kier alpha value is -3.91. The van der Waals surface area contributed by atoms with Gasteiger partial charge in [0.05, 0.1) is 13.2 Å². The SMILES string of the molecule is CCCC1CN(C(Cc2cccc(Cl)c2)C(=O)NC)CCN1C(=O)C(Cc1ccc(F)cc1)NC(=O)OC.O=C(O)C(F)(F)F. The summed E-state index contributed by atoms with van der Waals surface area (Å²) in [5, 5.41) is 13.2. The van der Waals surface area contributed by atoms with E-state index in [9.17, 15) is 31.9 Å². The molecule has 1 saturated heterocycles. The number of rotatable bonds is 10. The first-order valence-corrected chi connectivity index (χ1v) is 14.5. The van der Waals surface area contributed by atoms with Crippen molar-refractivity contribution in [3.63, 3.8) is 0 Å². The molecule has 0 radical (unpaired) electrons. The number of alkyl halides is 3. The molecule has 3 amide bonds. The van der Waals surface area contributed by atoms with Crippen LogP contribution < -0.4 is 10.6 Å². The van der Waals surface area contributed by atoms with E-state index < -0.39 is 30.3 Å². The summed E-state index contributed by atoms with van der Waals surface area (Å²) in [6.07, 6.45) is -3.53. The molecule has 45 heavy (non-hydrogen) atoms. The zero-order valence-electron chi connectivity index (χ0n) is 25.1. The number of halogens is 5. The number of methoxy groups -OCH3 is 1. The first kappa shape index (κ1) is 37.3. The van der Waals surface area contributed by atoms with Crippen LogP contribution in [-0.2, 0) is 32.0 Å². The number of carboxylic acids is 1. The summed E-state index contributed by atoms with van der Waals surface area (Å²) in [5.74, 6) is -3.46. The van der Waals surface area contributed by atoms with Gasteiger partial charge in [-0.15, -0.1) is 0 Å². The minimum absolute atomic E-state index is 0.0958. The van der Waals surface area contributed by atoms with Crippen molar-refractivity contribution in [2.45, 2.75) is 56.9 Å². The Kier molecular flexibility index (Phi) is 14.5. The van der Waals surface area contributed by atoms with E-state index in [2.05, 4.69) is 15.5 Å². The Morgan fingerprint density at radius 2 is 1.71 bits per heavy atom. The molecule has 2 aromatic carbocycles. The van der Waals surface area contributed by atoms with Crippen LogP contribution >= 0.6 is 11.6 Å². The van der Waals surface area contributed by atoms with E-state index in [4.69, 9.17) is 26.2 Å². The Balaban J connectivity index is 0.000000900. The number of ether oxygens (including phenoxy) is 1. The van der Waals surface area contributed by atoms with Gasteiger partial charge in [0.2, 0.25) is 11.8 Å². The number of carbonyl (C=O) groups excluding carboxylic acids is 3. The van der Waals surface area contributed by atoms with Gasteiger partial charge in [-0.05, 0) is 48.2 Å². The minimum Gasteiger partial charge on any atom is -0.475 e. The average molecular weight is 661 g/mol. The maximum Gasteiger partial charge on any atom is 0.490 e. The summed E-state index contributed by atoms with van der Waals surface area (Å²) in [6, 6.07) is 11.9. The lowest BCUT2D eigenvalue weighted by Gasteiger charge is -2.45. The first-order chi connectivity index (χ1) is 21.2. The van der Waals surface area contributed by atoms with Crippen LogP contribution in [-0.4, -0.2) is 96.9 Å². The highest BCUT2D eigenvalue weighted by molar-refractivity contribution is 6.30. The maximum absolute atomic E-state index is 13.8. The Labute approximate surface area is 263 Å². The number of benzene rings is 2. The Bertz CT molecular complexity index is 1300. The van der Waals surface area contributed by atoms with Crippen molar-refractivity contribution in [3.05, 3.63) is 70.5 Å². The van der Waals surface area contributed by atoms with Gasteiger partial charge in [0.25, 0.3) is 0 Å². The fourth-order valence-electron chi connectivity index (χ4n) is 4.93. The van der Waals surface area contributed by atoms with Gasteiger partial charge in [0, 0.05) is 44.2 Å². The number of hydrogen-bond acceptors (Lipinski definition) is 6. The second-order valence-electron chi connectivity index (χ2n) is 10.3. The molecule has 248 valence electrons. The number of piperazine rings is 1. The summed E-state index contributed by atoms with van der Waals surface area (Å²) in [7, 11) is 2.86. The predicted octanol–water partition coefficient (Wildman–Crippen LogP) is 4.05. The molecule has 15 heteroatoms. The van der Waals surface area contributed by atoms with Gasteiger partial charge in [-0.2, -0.15) is 13.2 Å². The summed E-state index contributed by atoms with van der Waals surface area (Å²) in [6.45, 7) is 3.45. The van der Waals surface area contributed by atoms with E-state index in [0.29, 0.717) is 36.6 Å². The largest absolute Gasteiger partial charge is 0.490 e. The topological polar surface area (TPSA) is 128 Å². The standard InChI is InChI=1S/C28H36ClFN4O4.C2HF3O2/c1-4-6-23-18-33(25(26(35)31-2)17-20-7-5-8-21(29)15-20)13-14-34(23)27(36)24(32-28(37)38-3)16-19-9-11-22(30)12-10-19;3-2(4,5)1(6)7/h5,7-12,15,23-25H,4,6,13-14,16-18H2,1-3H3,(H,31,35)(H,32,37);(H,6,7). The van der Waals surface area contributed by atoms with Gasteiger partial charge >= 0.3 is 18.2 Å². The number of hydrogen-bond donors (Lipinski definition) is 3. The number of nitrogens with one attached hydrogen (secondary N) is 2. The molecule has 10 nitrogen and oxygen atoms in total. The molecule has 1 heterocycles. The van der Waals surface area contributed by atoms with E-state index in [0.717, 1.165) is 18.4 Å². The molecule has 1 fully saturated rings. The number of aliphatic carboxylic acids is 1. The lowest BCUT2D eigenvalue weighted by molar-refractivity contribution is -0.192. The molecule has 0 saturated carbocycles. The molecule has 3 unspecified atom stereocenters. The van der Waals surface area contributed by atoms with E-state index in [1.54, 1.807) is 30.1 Å². The molecular formula is C30H37ClF4N4O6. The van der Waals surface area contributed by atoms with E-state index in [1.165, 1.54) is 19.2 Å². The van der Waals surface area contributed by atoms with Gasteiger partial charge in [-0.1, -0.05) is 49.2 Å². The quantitative estimate of drug-likeness (QED) is 0.328. The minimum atomic E-state index is -5.08. The predicted molar refractivity (Wildman–Crippen MR) is 158 cm³/mol. The van der Waals surface area contributed by atoms with Crippen molar-refractivity contribution >= 4 is 35.5 Å². The number of likely N-dealkylation sites (N-methyl/N-ethyl adjacent to an activating group) is 1. The van der Waals surface area contributed by atoms with Crippen LogP contribution in [0.1, 0.15) is 30.9 Å². The van der Waals surface area contributed by atoms with Crippen LogP contribution in [0.25, 0.3) is 0 Å². The second-order valence-corrected chi connectivity index (χ2v) is 10.7. The molecular weight excluding hydrogens is 624 g/mol. The molecule has 0 bridgehead atoms. The van der Waals surface area contributed by atoms with Crippen LogP contribution in [0.15, 0.2) is 48.5 Å². The van der Waals surface area contributed by atoms with Gasteiger partial charge in [-0.3, -0.25) is 14.5 Å². The summed E-state index contributed by atoms with van der Waals surface area (Å²) in [5.41, 5.74) is 1.67. The monoisotopic (exact) mass is 660 g/mol. The Morgan fingerprint density at radius 3 is 2.24 bits per heavy atom. The summed E-state index contributed by atoms with van der Waals surface area (Å²) >= 11 is 6.17. The highest BCUT2D eigenvalue weighted by atomic mass is 35.5. The lowest BCUT2D eigenvalue weighted by Crippen LogP contribution is -2.63. The molecule has 3 N–H and O–H groups in total. The van der Waals surface area contributed by atoms with Gasteiger partial charge < -0.3 is 25.4 Å². The van der Waals surface area contributed by atoms with Crippen LogP contribution in [0.3, 0.4) is 0 Å².